The van der Waals surface area contributed by atoms with Crippen molar-refractivity contribution >= 4 is 15.4 Å². The van der Waals surface area contributed by atoms with Crippen molar-refractivity contribution in [2.45, 2.75) is 13.3 Å². The summed E-state index contributed by atoms with van der Waals surface area (Å²) < 4.78 is 4.18. The van der Waals surface area contributed by atoms with Crippen LogP contribution in [0.3, 0.4) is 0 Å². The summed E-state index contributed by atoms with van der Waals surface area (Å²) in [4.78, 5) is 9.94. The van der Waals surface area contributed by atoms with E-state index < -0.39 is 0 Å². The van der Waals surface area contributed by atoms with E-state index in [1.54, 1.807) is 6.92 Å². The average molecular weight is 106 g/mol. The van der Waals surface area contributed by atoms with Gasteiger partial charge >= 0.3 is 5.97 Å². The molecule has 1 unspecified atom stereocenters. The lowest BCUT2D eigenvalue weighted by Gasteiger charge is -1.86. The van der Waals surface area contributed by atoms with Crippen molar-refractivity contribution < 1.29 is 9.32 Å². The van der Waals surface area contributed by atoms with Gasteiger partial charge in [-0.3, -0.25) is 4.79 Å². The Bertz CT molecular complexity index is 46.8. The zero-order chi connectivity index (χ0) is 4.99. The Morgan fingerprint density at radius 2 is 2.50 bits per heavy atom. The number of hydrogen-bond acceptors (Lipinski definition) is 2. The van der Waals surface area contributed by atoms with E-state index in [0.717, 1.165) is 0 Å². The third kappa shape index (κ3) is 2.16. The number of carbonyl (C=O) groups is 1. The molecule has 0 radical (unpaired) electrons. The Balaban J connectivity index is 2.99. The van der Waals surface area contributed by atoms with E-state index in [1.807, 2.05) is 9.47 Å². The molecule has 0 amide bonds. The van der Waals surface area contributed by atoms with Gasteiger partial charge in [0, 0.05) is 6.42 Å². The molecule has 3 heteroatoms. The maximum Gasteiger partial charge on any atom is 0.307 e. The Labute approximate surface area is 39.2 Å². The fraction of sp³-hybridized carbons (Fsp3) is 0.667. The van der Waals surface area contributed by atoms with Crippen molar-refractivity contribution in [3.63, 3.8) is 0 Å². The summed E-state index contributed by atoms with van der Waals surface area (Å²) in [5.41, 5.74) is 0. The zero-order valence-corrected chi connectivity index (χ0v) is 4.76. The second-order valence-electron chi connectivity index (χ2n) is 0.843. The average Bonchev–Trinajstić information content (AvgIpc) is 1.65. The van der Waals surface area contributed by atoms with E-state index in [4.69, 9.17) is 0 Å². The fourth-order valence-corrected chi connectivity index (χ4v) is 0.250. The summed E-state index contributed by atoms with van der Waals surface area (Å²) >= 11 is 0. The fourth-order valence-electron chi connectivity index (χ4n) is 0.0833. The minimum atomic E-state index is -0.194. The summed E-state index contributed by atoms with van der Waals surface area (Å²) in [6.07, 6.45) is 0.448. The highest BCUT2D eigenvalue weighted by Crippen LogP contribution is 1.88. The first-order valence-electron chi connectivity index (χ1n) is 1.70. The van der Waals surface area contributed by atoms with Gasteiger partial charge in [-0.1, -0.05) is 6.92 Å². The minimum absolute atomic E-state index is 0.194. The van der Waals surface area contributed by atoms with Crippen molar-refractivity contribution in [1.29, 1.82) is 0 Å². The molecule has 0 aliphatic rings. The number of hydrogen-bond donors (Lipinski definition) is 0. The lowest BCUT2D eigenvalue weighted by Crippen LogP contribution is -1.89. The summed E-state index contributed by atoms with van der Waals surface area (Å²) in [6, 6.07) is 0. The van der Waals surface area contributed by atoms with Gasteiger partial charge < -0.3 is 4.52 Å². The topological polar surface area (TPSA) is 26.3 Å². The van der Waals surface area contributed by atoms with Crippen molar-refractivity contribution in [2.24, 2.45) is 0 Å². The largest absolute Gasteiger partial charge is 0.452 e. The molecule has 0 fully saturated rings. The third-order valence-corrected chi connectivity index (χ3v) is 0.683. The predicted octanol–water partition coefficient (Wildman–Crippen LogP) is 0.730. The van der Waals surface area contributed by atoms with Crippen LogP contribution in [0.4, 0.5) is 0 Å². The van der Waals surface area contributed by atoms with Gasteiger partial charge in [0.05, 0.1) is 9.47 Å². The van der Waals surface area contributed by atoms with Gasteiger partial charge in [-0.25, -0.2) is 0 Å². The van der Waals surface area contributed by atoms with Crippen LogP contribution < -0.4 is 0 Å². The second-order valence-corrected chi connectivity index (χ2v) is 1.08. The molecule has 6 heavy (non-hydrogen) atoms. The molecule has 0 aromatic carbocycles. The van der Waals surface area contributed by atoms with E-state index in [9.17, 15) is 4.79 Å². The van der Waals surface area contributed by atoms with E-state index in [1.165, 1.54) is 0 Å². The molecule has 0 heterocycles. The van der Waals surface area contributed by atoms with E-state index in [-0.39, 0.29) is 5.97 Å². The molecule has 0 aliphatic heterocycles. The van der Waals surface area contributed by atoms with E-state index in [0.29, 0.717) is 6.42 Å². The van der Waals surface area contributed by atoms with Gasteiger partial charge in [-0.2, -0.15) is 0 Å². The van der Waals surface area contributed by atoms with Crippen molar-refractivity contribution in [1.82, 2.24) is 0 Å². The molecule has 0 N–H and O–H groups in total. The third-order valence-electron chi connectivity index (χ3n) is 0.420. The first-order valence-corrected chi connectivity index (χ1v) is 2.18. The molecule has 0 spiro atoms. The van der Waals surface area contributed by atoms with Crippen molar-refractivity contribution in [2.75, 3.05) is 0 Å². The van der Waals surface area contributed by atoms with Gasteiger partial charge in [0.15, 0.2) is 0 Å². The van der Waals surface area contributed by atoms with Crippen LogP contribution >= 0.6 is 9.47 Å². The zero-order valence-electron chi connectivity index (χ0n) is 3.60. The molecule has 1 atom stereocenters. The Morgan fingerprint density at radius 1 is 2.00 bits per heavy atom. The van der Waals surface area contributed by atoms with Crippen LogP contribution in [-0.4, -0.2) is 5.97 Å². The lowest BCUT2D eigenvalue weighted by molar-refractivity contribution is -0.132. The van der Waals surface area contributed by atoms with Gasteiger partial charge in [-0.05, 0) is 0 Å². The van der Waals surface area contributed by atoms with Crippen molar-refractivity contribution in [3.8, 4) is 0 Å². The highest BCUT2D eigenvalue weighted by molar-refractivity contribution is 7.10. The van der Waals surface area contributed by atoms with Crippen LogP contribution in [0.15, 0.2) is 0 Å². The standard InChI is InChI=1S/C3H7O2P/c1-2-3(4)5-6/h2,6H2,1H3. The van der Waals surface area contributed by atoms with Gasteiger partial charge in [0.25, 0.3) is 0 Å². The van der Waals surface area contributed by atoms with Crippen LogP contribution in [0.25, 0.3) is 0 Å². The maximum absolute atomic E-state index is 9.94. The first kappa shape index (κ1) is 5.90. The molecule has 0 bridgehead atoms. The molecule has 2 nitrogen and oxygen atoms in total. The van der Waals surface area contributed by atoms with Gasteiger partial charge in [0.1, 0.15) is 0 Å². The van der Waals surface area contributed by atoms with Crippen molar-refractivity contribution in [3.05, 3.63) is 0 Å². The van der Waals surface area contributed by atoms with Crippen LogP contribution in [0, 0.1) is 0 Å². The lowest BCUT2D eigenvalue weighted by atomic mass is 10.5. The van der Waals surface area contributed by atoms with Gasteiger partial charge in [-0.15, -0.1) is 0 Å². The summed E-state index contributed by atoms with van der Waals surface area (Å²) in [5.74, 6) is -0.194. The molecule has 0 saturated carbocycles. The Hall–Kier alpha value is -0.100. The summed E-state index contributed by atoms with van der Waals surface area (Å²) in [5, 5.41) is 0. The summed E-state index contributed by atoms with van der Waals surface area (Å²) in [7, 11) is 1.89. The Morgan fingerprint density at radius 3 is 2.50 bits per heavy atom. The molecule has 0 aliphatic carbocycles. The monoisotopic (exact) mass is 106 g/mol. The molecule has 36 valence electrons. The SMILES string of the molecule is CCC(=O)OP. The minimum Gasteiger partial charge on any atom is -0.452 e. The summed E-state index contributed by atoms with van der Waals surface area (Å²) in [6.45, 7) is 1.74. The van der Waals surface area contributed by atoms with Crippen LogP contribution in [0.5, 0.6) is 0 Å². The van der Waals surface area contributed by atoms with E-state index >= 15 is 0 Å². The van der Waals surface area contributed by atoms with E-state index in [2.05, 4.69) is 4.52 Å². The predicted molar refractivity (Wildman–Crippen MR) is 26.1 cm³/mol. The van der Waals surface area contributed by atoms with Gasteiger partial charge in [0.2, 0.25) is 0 Å². The van der Waals surface area contributed by atoms with Crippen LogP contribution in [-0.2, 0) is 9.32 Å². The first-order chi connectivity index (χ1) is 2.81. The molecule has 0 aromatic heterocycles. The smallest absolute Gasteiger partial charge is 0.307 e. The van der Waals surface area contributed by atoms with Crippen LogP contribution in [0.1, 0.15) is 13.3 Å². The molecule has 0 saturated heterocycles. The molecule has 0 aromatic rings. The molecule has 0 rings (SSSR count). The highest BCUT2D eigenvalue weighted by Gasteiger charge is 1.87. The normalized spacial score (nSPS) is 7.67. The second kappa shape index (κ2) is 3.10. The maximum atomic E-state index is 9.94. The highest BCUT2D eigenvalue weighted by atomic mass is 31.0. The molecular weight excluding hydrogens is 99.0 g/mol. The molecular formula is C3H7O2P. The quantitative estimate of drug-likeness (QED) is 0.460. The number of rotatable bonds is 1. The number of carbonyl (C=O) groups excluding carboxylic acids is 1. The Kier molecular flexibility index (Phi) is 3.05. The van der Waals surface area contributed by atoms with Crippen LogP contribution in [0.2, 0.25) is 0 Å².